The summed E-state index contributed by atoms with van der Waals surface area (Å²) in [4.78, 5) is 0. The molecule has 0 aromatic heterocycles. The van der Waals surface area contributed by atoms with Gasteiger partial charge in [0.2, 0.25) is 0 Å². The van der Waals surface area contributed by atoms with Crippen LogP contribution in [-0.2, 0) is 6.42 Å². The molecule has 0 bridgehead atoms. The summed E-state index contributed by atoms with van der Waals surface area (Å²) in [6.45, 7) is 4.47. The molecule has 1 heterocycles. The molecule has 0 saturated carbocycles. The van der Waals surface area contributed by atoms with Crippen LogP contribution in [0.25, 0.3) is 0 Å². The van der Waals surface area contributed by atoms with Crippen molar-refractivity contribution in [2.75, 3.05) is 13.1 Å². The fraction of sp³-hybridized carbons (Fsp3) is 0.600. The van der Waals surface area contributed by atoms with E-state index in [4.69, 9.17) is 0 Å². The predicted octanol–water partition coefficient (Wildman–Crippen LogP) is 2.49. The standard InChI is InChI=1S/C15H23FN2/c1-12(11-13-4-6-14(16)7-5-13)18-15-3-2-9-17-10-8-15/h4-7,12,15,17-18H,2-3,8-11H2,1H3. The fourth-order valence-electron chi connectivity index (χ4n) is 2.62. The smallest absolute Gasteiger partial charge is 0.123 e. The minimum absolute atomic E-state index is 0.158. The van der Waals surface area contributed by atoms with Crippen LogP contribution in [0.2, 0.25) is 0 Å². The Morgan fingerprint density at radius 1 is 1.28 bits per heavy atom. The Kier molecular flexibility index (Phi) is 5.14. The lowest BCUT2D eigenvalue weighted by Crippen LogP contribution is -2.38. The topological polar surface area (TPSA) is 24.1 Å². The van der Waals surface area contributed by atoms with Crippen LogP contribution in [-0.4, -0.2) is 25.2 Å². The van der Waals surface area contributed by atoms with Crippen molar-refractivity contribution in [2.24, 2.45) is 0 Å². The summed E-state index contributed by atoms with van der Waals surface area (Å²) in [5, 5.41) is 7.11. The molecule has 1 saturated heterocycles. The first-order valence-corrected chi connectivity index (χ1v) is 6.95. The molecule has 2 unspecified atom stereocenters. The average molecular weight is 250 g/mol. The van der Waals surface area contributed by atoms with E-state index in [9.17, 15) is 4.39 Å². The number of rotatable bonds is 4. The van der Waals surface area contributed by atoms with Crippen molar-refractivity contribution in [3.8, 4) is 0 Å². The molecule has 0 amide bonds. The van der Waals surface area contributed by atoms with Crippen molar-refractivity contribution >= 4 is 0 Å². The number of nitrogens with one attached hydrogen (secondary N) is 2. The summed E-state index contributed by atoms with van der Waals surface area (Å²) in [7, 11) is 0. The molecule has 0 aliphatic carbocycles. The maximum Gasteiger partial charge on any atom is 0.123 e. The summed E-state index contributed by atoms with van der Waals surface area (Å²) in [5.74, 6) is -0.158. The van der Waals surface area contributed by atoms with E-state index in [1.807, 2.05) is 12.1 Å². The van der Waals surface area contributed by atoms with Crippen molar-refractivity contribution in [2.45, 2.75) is 44.7 Å². The summed E-state index contributed by atoms with van der Waals surface area (Å²) in [6.07, 6.45) is 4.67. The highest BCUT2D eigenvalue weighted by Crippen LogP contribution is 2.09. The van der Waals surface area contributed by atoms with Crippen molar-refractivity contribution in [1.29, 1.82) is 0 Å². The van der Waals surface area contributed by atoms with Gasteiger partial charge in [-0.25, -0.2) is 4.39 Å². The van der Waals surface area contributed by atoms with Gasteiger partial charge in [0.1, 0.15) is 5.82 Å². The van der Waals surface area contributed by atoms with Crippen LogP contribution in [0.4, 0.5) is 4.39 Å². The third-order valence-electron chi connectivity index (χ3n) is 3.55. The van der Waals surface area contributed by atoms with Gasteiger partial charge >= 0.3 is 0 Å². The first-order chi connectivity index (χ1) is 8.74. The number of hydrogen-bond acceptors (Lipinski definition) is 2. The molecule has 1 aliphatic rings. The fourth-order valence-corrected chi connectivity index (χ4v) is 2.62. The zero-order valence-electron chi connectivity index (χ0n) is 11.1. The summed E-state index contributed by atoms with van der Waals surface area (Å²) >= 11 is 0. The van der Waals surface area contributed by atoms with Crippen molar-refractivity contribution in [3.05, 3.63) is 35.6 Å². The normalized spacial score (nSPS) is 22.4. The van der Waals surface area contributed by atoms with Gasteiger partial charge in [0, 0.05) is 12.1 Å². The minimum atomic E-state index is -0.158. The second-order valence-electron chi connectivity index (χ2n) is 5.28. The molecule has 3 heteroatoms. The zero-order chi connectivity index (χ0) is 12.8. The van der Waals surface area contributed by atoms with Crippen molar-refractivity contribution in [3.63, 3.8) is 0 Å². The summed E-state index contributed by atoms with van der Waals surface area (Å²) in [6, 6.07) is 7.90. The third kappa shape index (κ3) is 4.39. The van der Waals surface area contributed by atoms with Crippen LogP contribution >= 0.6 is 0 Å². The Morgan fingerprint density at radius 3 is 2.83 bits per heavy atom. The monoisotopic (exact) mass is 250 g/mol. The van der Waals surface area contributed by atoms with E-state index < -0.39 is 0 Å². The third-order valence-corrected chi connectivity index (χ3v) is 3.55. The molecule has 2 rings (SSSR count). The highest BCUT2D eigenvalue weighted by atomic mass is 19.1. The van der Waals surface area contributed by atoms with E-state index in [-0.39, 0.29) is 5.82 Å². The molecule has 0 spiro atoms. The average Bonchev–Trinajstić information content (AvgIpc) is 2.61. The number of halogens is 1. The Bertz CT molecular complexity index is 342. The largest absolute Gasteiger partial charge is 0.317 e. The van der Waals surface area contributed by atoms with Crippen LogP contribution in [0.1, 0.15) is 31.7 Å². The van der Waals surface area contributed by atoms with E-state index in [1.165, 1.54) is 37.0 Å². The van der Waals surface area contributed by atoms with E-state index in [1.54, 1.807) is 0 Å². The second-order valence-corrected chi connectivity index (χ2v) is 5.28. The van der Waals surface area contributed by atoms with Gasteiger partial charge in [-0.1, -0.05) is 12.1 Å². The second kappa shape index (κ2) is 6.86. The van der Waals surface area contributed by atoms with Gasteiger partial charge in [-0.05, 0) is 63.4 Å². The molecule has 1 aromatic rings. The lowest BCUT2D eigenvalue weighted by atomic mass is 10.0. The molecular formula is C15H23FN2. The first-order valence-electron chi connectivity index (χ1n) is 6.95. The van der Waals surface area contributed by atoms with E-state index in [0.717, 1.165) is 19.5 Å². The van der Waals surface area contributed by atoms with Gasteiger partial charge in [0.05, 0.1) is 0 Å². The van der Waals surface area contributed by atoms with Gasteiger partial charge in [-0.15, -0.1) is 0 Å². The molecule has 2 nitrogen and oxygen atoms in total. The minimum Gasteiger partial charge on any atom is -0.317 e. The highest BCUT2D eigenvalue weighted by Gasteiger charge is 2.14. The van der Waals surface area contributed by atoms with Crippen LogP contribution in [0.15, 0.2) is 24.3 Å². The molecule has 100 valence electrons. The highest BCUT2D eigenvalue weighted by molar-refractivity contribution is 5.17. The van der Waals surface area contributed by atoms with Gasteiger partial charge < -0.3 is 10.6 Å². The molecule has 18 heavy (non-hydrogen) atoms. The number of benzene rings is 1. The Hall–Kier alpha value is -0.930. The molecule has 1 aliphatic heterocycles. The predicted molar refractivity (Wildman–Crippen MR) is 73.2 cm³/mol. The van der Waals surface area contributed by atoms with Gasteiger partial charge in [0.15, 0.2) is 0 Å². The number of hydrogen-bond donors (Lipinski definition) is 2. The van der Waals surface area contributed by atoms with Crippen molar-refractivity contribution in [1.82, 2.24) is 10.6 Å². The molecular weight excluding hydrogens is 227 g/mol. The van der Waals surface area contributed by atoms with E-state index >= 15 is 0 Å². The Balaban J connectivity index is 1.80. The molecule has 0 radical (unpaired) electrons. The van der Waals surface area contributed by atoms with Crippen LogP contribution in [0.5, 0.6) is 0 Å². The zero-order valence-corrected chi connectivity index (χ0v) is 11.1. The Morgan fingerprint density at radius 2 is 2.06 bits per heavy atom. The molecule has 2 atom stereocenters. The Labute approximate surface area is 109 Å². The molecule has 2 N–H and O–H groups in total. The van der Waals surface area contributed by atoms with Crippen molar-refractivity contribution < 1.29 is 4.39 Å². The van der Waals surface area contributed by atoms with Gasteiger partial charge in [-0.3, -0.25) is 0 Å². The quantitative estimate of drug-likeness (QED) is 0.858. The van der Waals surface area contributed by atoms with E-state index in [0.29, 0.717) is 12.1 Å². The maximum atomic E-state index is 12.8. The van der Waals surface area contributed by atoms with Gasteiger partial charge in [-0.2, -0.15) is 0 Å². The van der Waals surface area contributed by atoms with Gasteiger partial charge in [0.25, 0.3) is 0 Å². The first kappa shape index (κ1) is 13.5. The molecule has 1 fully saturated rings. The van der Waals surface area contributed by atoms with E-state index in [2.05, 4.69) is 17.6 Å². The summed E-state index contributed by atoms with van der Waals surface area (Å²) < 4.78 is 12.8. The molecule has 1 aromatic carbocycles. The van der Waals surface area contributed by atoms with Crippen LogP contribution < -0.4 is 10.6 Å². The lowest BCUT2D eigenvalue weighted by Gasteiger charge is -2.22. The SMILES string of the molecule is CC(Cc1ccc(F)cc1)NC1CCCNCC1. The lowest BCUT2D eigenvalue weighted by molar-refractivity contribution is 0.412. The summed E-state index contributed by atoms with van der Waals surface area (Å²) in [5.41, 5.74) is 1.20. The maximum absolute atomic E-state index is 12.8. The van der Waals surface area contributed by atoms with Crippen LogP contribution in [0, 0.1) is 5.82 Å². The van der Waals surface area contributed by atoms with Crippen LogP contribution in [0.3, 0.4) is 0 Å².